The first-order valence-corrected chi connectivity index (χ1v) is 10.2. The van der Waals surface area contributed by atoms with E-state index in [1.807, 2.05) is 11.0 Å². The Bertz CT molecular complexity index is 1200. The molecule has 0 amide bonds. The summed E-state index contributed by atoms with van der Waals surface area (Å²) in [5, 5.41) is 19.9. The molecule has 1 fully saturated rings. The van der Waals surface area contributed by atoms with Crippen molar-refractivity contribution in [1.82, 2.24) is 9.55 Å². The molecule has 0 bridgehead atoms. The maximum Gasteiger partial charge on any atom is 0.419 e. The summed E-state index contributed by atoms with van der Waals surface area (Å²) in [7, 11) is 0. The minimum Gasteiger partial charge on any atom is -0.508 e. The number of anilines is 1. The lowest BCUT2D eigenvalue weighted by Gasteiger charge is -2.30. The maximum absolute atomic E-state index is 13.4. The Morgan fingerprint density at radius 1 is 1.23 bits per heavy atom. The lowest BCUT2D eigenvalue weighted by atomic mass is 10.1. The van der Waals surface area contributed by atoms with Gasteiger partial charge >= 0.3 is 6.18 Å². The Morgan fingerprint density at radius 3 is 2.63 bits per heavy atom. The molecule has 10 heteroatoms. The minimum absolute atomic E-state index is 0.0317. The predicted molar refractivity (Wildman–Crippen MR) is 107 cm³/mol. The summed E-state index contributed by atoms with van der Waals surface area (Å²) in [4.78, 5) is 19.3. The number of rotatable bonds is 3. The van der Waals surface area contributed by atoms with Crippen LogP contribution in [-0.4, -0.2) is 27.7 Å². The number of benzene rings is 1. The number of phenols is 1. The molecule has 156 valence electrons. The zero-order chi connectivity index (χ0) is 21.5. The second-order valence-corrected chi connectivity index (χ2v) is 8.01. The van der Waals surface area contributed by atoms with Crippen molar-refractivity contribution < 1.29 is 18.3 Å². The van der Waals surface area contributed by atoms with Gasteiger partial charge in [0.1, 0.15) is 16.0 Å². The molecule has 2 aromatic heterocycles. The summed E-state index contributed by atoms with van der Waals surface area (Å²) in [5.74, 6) is 0.0913. The molecule has 30 heavy (non-hydrogen) atoms. The highest BCUT2D eigenvalue weighted by atomic mass is 32.1. The average molecular weight is 434 g/mol. The van der Waals surface area contributed by atoms with Gasteiger partial charge in [0.05, 0.1) is 23.7 Å². The number of thiophene rings is 1. The monoisotopic (exact) mass is 434 g/mol. The molecule has 4 rings (SSSR count). The van der Waals surface area contributed by atoms with Gasteiger partial charge in [0.25, 0.3) is 5.56 Å². The molecule has 1 saturated heterocycles. The summed E-state index contributed by atoms with van der Waals surface area (Å²) < 4.78 is 41.5. The number of hydrogen-bond acceptors (Lipinski definition) is 6. The Labute approximate surface area is 173 Å². The summed E-state index contributed by atoms with van der Waals surface area (Å²) in [6, 6.07) is 6.20. The van der Waals surface area contributed by atoms with E-state index in [4.69, 9.17) is 0 Å². The first kappa shape index (κ1) is 20.2. The van der Waals surface area contributed by atoms with E-state index in [9.17, 15) is 28.3 Å². The van der Waals surface area contributed by atoms with Gasteiger partial charge in [0.2, 0.25) is 5.95 Å². The SMILES string of the molecule is N#Cc1cc(O)ccc1Cn1c(N2CCCCC2)nc2c(C(F)(F)F)csc2c1=O. The van der Waals surface area contributed by atoms with Crippen LogP contribution in [0.25, 0.3) is 10.2 Å². The van der Waals surface area contributed by atoms with Crippen molar-refractivity contribution in [1.29, 1.82) is 5.26 Å². The van der Waals surface area contributed by atoms with Crippen LogP contribution < -0.4 is 10.5 Å². The quantitative estimate of drug-likeness (QED) is 0.671. The van der Waals surface area contributed by atoms with Crippen LogP contribution in [0.3, 0.4) is 0 Å². The molecule has 0 saturated carbocycles. The fourth-order valence-corrected chi connectivity index (χ4v) is 4.60. The lowest BCUT2D eigenvalue weighted by molar-refractivity contribution is -0.136. The molecule has 1 aliphatic heterocycles. The van der Waals surface area contributed by atoms with E-state index in [1.54, 1.807) is 0 Å². The van der Waals surface area contributed by atoms with Gasteiger partial charge in [-0.05, 0) is 37.0 Å². The van der Waals surface area contributed by atoms with Crippen LogP contribution in [0.5, 0.6) is 5.75 Å². The molecular weight excluding hydrogens is 417 g/mol. The van der Waals surface area contributed by atoms with Crippen molar-refractivity contribution in [2.24, 2.45) is 0 Å². The van der Waals surface area contributed by atoms with Crippen LogP contribution in [0, 0.1) is 11.3 Å². The van der Waals surface area contributed by atoms with E-state index in [0.29, 0.717) is 18.7 Å². The highest BCUT2D eigenvalue weighted by molar-refractivity contribution is 7.17. The molecule has 0 spiro atoms. The Balaban J connectivity index is 1.92. The molecule has 3 aromatic rings. The number of aromatic hydroxyl groups is 1. The molecule has 0 aliphatic carbocycles. The van der Waals surface area contributed by atoms with Crippen LogP contribution in [0.15, 0.2) is 28.4 Å². The van der Waals surface area contributed by atoms with Crippen molar-refractivity contribution in [3.05, 3.63) is 50.6 Å². The first-order valence-electron chi connectivity index (χ1n) is 9.36. The second-order valence-electron chi connectivity index (χ2n) is 7.13. The molecule has 1 N–H and O–H groups in total. The second kappa shape index (κ2) is 7.65. The fourth-order valence-electron chi connectivity index (χ4n) is 3.64. The molecule has 6 nitrogen and oxygen atoms in total. The van der Waals surface area contributed by atoms with Crippen LogP contribution >= 0.6 is 11.3 Å². The zero-order valence-corrected chi connectivity index (χ0v) is 16.6. The standard InChI is InChI=1S/C20H17F3N4O2S/c21-20(22,23)15-11-30-17-16(15)25-19(26-6-2-1-3-7-26)27(18(17)29)10-12-4-5-14(28)8-13(12)9-24/h4-5,8,11,28H,1-3,6-7,10H2. The summed E-state index contributed by atoms with van der Waals surface area (Å²) in [5.41, 5.74) is -1.15. The summed E-state index contributed by atoms with van der Waals surface area (Å²) in [6.07, 6.45) is -1.89. The smallest absolute Gasteiger partial charge is 0.419 e. The highest BCUT2D eigenvalue weighted by Gasteiger charge is 2.36. The van der Waals surface area contributed by atoms with Gasteiger partial charge < -0.3 is 10.0 Å². The Morgan fingerprint density at radius 2 is 1.97 bits per heavy atom. The van der Waals surface area contributed by atoms with Crippen LogP contribution in [0.1, 0.15) is 36.0 Å². The normalized spacial score (nSPS) is 14.8. The van der Waals surface area contributed by atoms with E-state index in [-0.39, 0.29) is 34.0 Å². The summed E-state index contributed by atoms with van der Waals surface area (Å²) >= 11 is 0.721. The van der Waals surface area contributed by atoms with Crippen molar-refractivity contribution >= 4 is 27.5 Å². The van der Waals surface area contributed by atoms with E-state index < -0.39 is 17.3 Å². The number of halogens is 3. The molecule has 1 aromatic carbocycles. The fraction of sp³-hybridized carbons (Fsp3) is 0.350. The third-order valence-electron chi connectivity index (χ3n) is 5.14. The number of nitrogens with zero attached hydrogens (tertiary/aromatic N) is 4. The van der Waals surface area contributed by atoms with E-state index >= 15 is 0 Å². The van der Waals surface area contributed by atoms with Gasteiger partial charge in [-0.1, -0.05) is 6.07 Å². The molecule has 1 aliphatic rings. The number of hydrogen-bond donors (Lipinski definition) is 1. The third kappa shape index (κ3) is 3.61. The molecule has 0 atom stereocenters. The van der Waals surface area contributed by atoms with Crippen LogP contribution in [-0.2, 0) is 12.7 Å². The number of aromatic nitrogens is 2. The van der Waals surface area contributed by atoms with Gasteiger partial charge in [-0.2, -0.15) is 18.4 Å². The largest absolute Gasteiger partial charge is 0.508 e. The van der Waals surface area contributed by atoms with Crippen molar-refractivity contribution in [3.63, 3.8) is 0 Å². The van der Waals surface area contributed by atoms with Crippen LogP contribution in [0.4, 0.5) is 19.1 Å². The predicted octanol–water partition coefficient (Wildman–Crippen LogP) is 4.09. The molecule has 0 unspecified atom stereocenters. The molecular formula is C20H17F3N4O2S. The Hall–Kier alpha value is -3.06. The molecule has 3 heterocycles. The van der Waals surface area contributed by atoms with Gasteiger partial charge in [0.15, 0.2) is 0 Å². The van der Waals surface area contributed by atoms with Gasteiger partial charge in [-0.25, -0.2) is 4.98 Å². The van der Waals surface area contributed by atoms with Gasteiger partial charge in [0, 0.05) is 18.5 Å². The average Bonchev–Trinajstić information content (AvgIpc) is 3.16. The lowest BCUT2D eigenvalue weighted by Crippen LogP contribution is -2.36. The van der Waals surface area contributed by atoms with Crippen LogP contribution in [0.2, 0.25) is 0 Å². The highest BCUT2D eigenvalue weighted by Crippen LogP contribution is 2.37. The number of phenolic OH excluding ortho intramolecular Hbond substituents is 1. The van der Waals surface area contributed by atoms with E-state index in [0.717, 1.165) is 36.0 Å². The van der Waals surface area contributed by atoms with Gasteiger partial charge in [-0.3, -0.25) is 9.36 Å². The maximum atomic E-state index is 13.4. The minimum atomic E-state index is -4.60. The number of piperidine rings is 1. The van der Waals surface area contributed by atoms with E-state index in [2.05, 4.69) is 4.98 Å². The summed E-state index contributed by atoms with van der Waals surface area (Å²) in [6.45, 7) is 1.14. The van der Waals surface area contributed by atoms with Crippen molar-refractivity contribution in [2.75, 3.05) is 18.0 Å². The third-order valence-corrected chi connectivity index (χ3v) is 6.10. The van der Waals surface area contributed by atoms with Gasteiger partial charge in [-0.15, -0.1) is 11.3 Å². The number of fused-ring (bicyclic) bond motifs is 1. The number of alkyl halides is 3. The number of nitriles is 1. The van der Waals surface area contributed by atoms with Crippen molar-refractivity contribution in [2.45, 2.75) is 32.0 Å². The zero-order valence-electron chi connectivity index (χ0n) is 15.7. The Kier molecular flexibility index (Phi) is 5.15. The van der Waals surface area contributed by atoms with Crippen molar-refractivity contribution in [3.8, 4) is 11.8 Å². The van der Waals surface area contributed by atoms with E-state index in [1.165, 1.54) is 22.8 Å². The molecule has 0 radical (unpaired) electrons. The topological polar surface area (TPSA) is 82.2 Å². The first-order chi connectivity index (χ1) is 14.3.